The van der Waals surface area contributed by atoms with Gasteiger partial charge in [0.05, 0.1) is 6.54 Å². The molecular weight excluding hydrogens is 236 g/mol. The molecule has 1 unspecified atom stereocenters. The van der Waals surface area contributed by atoms with Crippen LogP contribution >= 0.6 is 0 Å². The van der Waals surface area contributed by atoms with E-state index in [-0.39, 0.29) is 6.54 Å². The predicted octanol–water partition coefficient (Wildman–Crippen LogP) is 0.622. The van der Waals surface area contributed by atoms with Crippen LogP contribution in [-0.4, -0.2) is 40.9 Å². The number of hydrogen-bond acceptors (Lipinski definition) is 3. The average molecular weight is 256 g/mol. The fraction of sp³-hybridized carbons (Fsp3) is 0.667. The topological polar surface area (TPSA) is 98.7 Å². The number of nitrogens with one attached hydrogen (secondary N) is 2. The minimum Gasteiger partial charge on any atom is -0.479 e. The number of aliphatic carboxylic acids is 1. The van der Waals surface area contributed by atoms with E-state index in [1.54, 1.807) is 0 Å². The predicted molar refractivity (Wildman–Crippen MR) is 66.2 cm³/mol. The molecule has 0 aromatic carbocycles. The molecule has 4 N–H and O–H groups in total. The van der Waals surface area contributed by atoms with E-state index < -0.39 is 17.6 Å². The summed E-state index contributed by atoms with van der Waals surface area (Å²) in [4.78, 5) is 21.9. The summed E-state index contributed by atoms with van der Waals surface area (Å²) < 4.78 is 0. The van der Waals surface area contributed by atoms with Crippen LogP contribution in [0.3, 0.4) is 0 Å². The van der Waals surface area contributed by atoms with Gasteiger partial charge < -0.3 is 20.8 Å². The van der Waals surface area contributed by atoms with E-state index in [1.165, 1.54) is 12.0 Å². The number of carboxylic acids is 1. The van der Waals surface area contributed by atoms with Gasteiger partial charge in [-0.2, -0.15) is 0 Å². The maximum atomic E-state index is 11.3. The average Bonchev–Trinajstić information content (AvgIpc) is 2.79. The summed E-state index contributed by atoms with van der Waals surface area (Å²) in [7, 11) is 0. The Morgan fingerprint density at radius 1 is 1.44 bits per heavy atom. The quantitative estimate of drug-likeness (QED) is 0.524. The van der Waals surface area contributed by atoms with E-state index in [0.29, 0.717) is 6.54 Å². The van der Waals surface area contributed by atoms with Gasteiger partial charge >= 0.3 is 12.0 Å². The zero-order valence-electron chi connectivity index (χ0n) is 10.5. The fourth-order valence-electron chi connectivity index (χ4n) is 1.69. The van der Waals surface area contributed by atoms with Gasteiger partial charge in [0.15, 0.2) is 5.60 Å². The number of urea groups is 1. The molecule has 6 heteroatoms. The van der Waals surface area contributed by atoms with E-state index in [2.05, 4.69) is 16.7 Å². The van der Waals surface area contributed by atoms with Gasteiger partial charge in [0.1, 0.15) is 0 Å². The molecule has 0 aromatic heterocycles. The molecule has 0 heterocycles. The number of amides is 2. The highest BCUT2D eigenvalue weighted by Crippen LogP contribution is 2.19. The van der Waals surface area contributed by atoms with Gasteiger partial charge in [-0.05, 0) is 32.6 Å². The summed E-state index contributed by atoms with van der Waals surface area (Å²) in [6, 6.07) is -0.463. The lowest BCUT2D eigenvalue weighted by atomic mass is 10.1. The number of hydrogen-bond donors (Lipinski definition) is 4. The monoisotopic (exact) mass is 256 g/mol. The summed E-state index contributed by atoms with van der Waals surface area (Å²) in [5.74, 6) is -1.36. The van der Waals surface area contributed by atoms with Crippen LogP contribution in [0.5, 0.6) is 0 Å². The van der Waals surface area contributed by atoms with Crippen LogP contribution in [0, 0.1) is 0 Å². The second-order valence-electron chi connectivity index (χ2n) is 4.69. The van der Waals surface area contributed by atoms with Gasteiger partial charge in [-0.15, -0.1) is 0 Å². The van der Waals surface area contributed by atoms with Gasteiger partial charge in [0.25, 0.3) is 0 Å². The van der Waals surface area contributed by atoms with Crippen molar-refractivity contribution in [3.63, 3.8) is 0 Å². The highest BCUT2D eigenvalue weighted by Gasteiger charge is 2.30. The van der Waals surface area contributed by atoms with Gasteiger partial charge in [-0.1, -0.05) is 11.6 Å². The molecule has 0 bridgehead atoms. The molecule has 0 radical (unpaired) electrons. The van der Waals surface area contributed by atoms with Crippen molar-refractivity contribution in [2.75, 3.05) is 13.1 Å². The number of allylic oxidation sites excluding steroid dienone is 1. The van der Waals surface area contributed by atoms with Crippen molar-refractivity contribution in [2.24, 2.45) is 0 Å². The summed E-state index contributed by atoms with van der Waals surface area (Å²) in [5.41, 5.74) is -0.585. The Morgan fingerprint density at radius 2 is 2.17 bits per heavy atom. The Labute approximate surface area is 106 Å². The zero-order valence-corrected chi connectivity index (χ0v) is 10.5. The molecule has 18 heavy (non-hydrogen) atoms. The standard InChI is InChI=1S/C12H20N2O4/c1-12(18,10(15)16)8-14-11(17)13-7-6-9-4-2-3-5-9/h4,18H,2-3,5-8H2,1H3,(H,15,16)(H2,13,14,17). The Kier molecular flexibility index (Phi) is 5.15. The Bertz CT molecular complexity index is 350. The lowest BCUT2D eigenvalue weighted by Gasteiger charge is -2.18. The first-order valence-corrected chi connectivity index (χ1v) is 6.07. The molecule has 2 amide bonds. The van der Waals surface area contributed by atoms with Crippen molar-refractivity contribution in [1.82, 2.24) is 10.6 Å². The van der Waals surface area contributed by atoms with Crippen molar-refractivity contribution in [3.05, 3.63) is 11.6 Å². The Balaban J connectivity index is 2.15. The highest BCUT2D eigenvalue weighted by molar-refractivity contribution is 5.79. The van der Waals surface area contributed by atoms with Gasteiger partial charge in [0.2, 0.25) is 0 Å². The number of carbonyl (C=O) groups excluding carboxylic acids is 1. The van der Waals surface area contributed by atoms with Crippen LogP contribution in [0.15, 0.2) is 11.6 Å². The molecule has 0 aliphatic heterocycles. The smallest absolute Gasteiger partial charge is 0.337 e. The van der Waals surface area contributed by atoms with Crippen LogP contribution in [0.4, 0.5) is 4.79 Å². The van der Waals surface area contributed by atoms with Crippen molar-refractivity contribution in [3.8, 4) is 0 Å². The largest absolute Gasteiger partial charge is 0.479 e. The molecule has 0 fully saturated rings. The second kappa shape index (κ2) is 6.39. The summed E-state index contributed by atoms with van der Waals surface area (Å²) >= 11 is 0. The molecule has 102 valence electrons. The molecule has 0 saturated heterocycles. The third-order valence-electron chi connectivity index (χ3n) is 2.92. The molecular formula is C12H20N2O4. The maximum absolute atomic E-state index is 11.3. The first-order chi connectivity index (χ1) is 8.42. The van der Waals surface area contributed by atoms with Gasteiger partial charge in [0, 0.05) is 6.54 Å². The molecule has 0 aromatic rings. The van der Waals surface area contributed by atoms with Crippen molar-refractivity contribution < 1.29 is 19.8 Å². The first kappa shape index (κ1) is 14.5. The van der Waals surface area contributed by atoms with Crippen LogP contribution < -0.4 is 10.6 Å². The first-order valence-electron chi connectivity index (χ1n) is 6.07. The third-order valence-corrected chi connectivity index (χ3v) is 2.92. The fourth-order valence-corrected chi connectivity index (χ4v) is 1.69. The summed E-state index contributed by atoms with van der Waals surface area (Å²) in [5, 5.41) is 23.0. The van der Waals surface area contributed by atoms with Crippen molar-refractivity contribution in [1.29, 1.82) is 0 Å². The lowest BCUT2D eigenvalue weighted by molar-refractivity contribution is -0.155. The van der Waals surface area contributed by atoms with Crippen LogP contribution in [-0.2, 0) is 4.79 Å². The third kappa shape index (κ3) is 4.75. The van der Waals surface area contributed by atoms with Crippen molar-refractivity contribution in [2.45, 2.75) is 38.2 Å². The van der Waals surface area contributed by atoms with Crippen molar-refractivity contribution >= 4 is 12.0 Å². The molecule has 1 aliphatic rings. The Morgan fingerprint density at radius 3 is 2.72 bits per heavy atom. The normalized spacial score (nSPS) is 17.8. The molecule has 0 saturated carbocycles. The second-order valence-corrected chi connectivity index (χ2v) is 4.69. The van der Waals surface area contributed by atoms with Gasteiger partial charge in [-0.25, -0.2) is 9.59 Å². The van der Waals surface area contributed by atoms with Crippen LogP contribution in [0.1, 0.15) is 32.6 Å². The molecule has 6 nitrogen and oxygen atoms in total. The number of aliphatic hydroxyl groups is 1. The van der Waals surface area contributed by atoms with E-state index in [9.17, 15) is 14.7 Å². The minimum absolute atomic E-state index is 0.323. The zero-order chi connectivity index (χ0) is 13.6. The van der Waals surface area contributed by atoms with Gasteiger partial charge in [-0.3, -0.25) is 0 Å². The summed E-state index contributed by atoms with van der Waals surface area (Å²) in [6.45, 7) is 1.34. The van der Waals surface area contributed by atoms with Crippen LogP contribution in [0.25, 0.3) is 0 Å². The Hall–Kier alpha value is -1.56. The number of rotatable bonds is 6. The van der Waals surface area contributed by atoms with E-state index >= 15 is 0 Å². The molecule has 1 aliphatic carbocycles. The molecule has 1 rings (SSSR count). The molecule has 1 atom stereocenters. The number of carbonyl (C=O) groups is 2. The highest BCUT2D eigenvalue weighted by atomic mass is 16.4. The lowest BCUT2D eigenvalue weighted by Crippen LogP contribution is -2.49. The van der Waals surface area contributed by atoms with Crippen LogP contribution in [0.2, 0.25) is 0 Å². The van der Waals surface area contributed by atoms with E-state index in [1.807, 2.05) is 0 Å². The van der Waals surface area contributed by atoms with E-state index in [0.717, 1.165) is 26.2 Å². The summed E-state index contributed by atoms with van der Waals surface area (Å²) in [6.07, 6.45) is 6.40. The maximum Gasteiger partial charge on any atom is 0.337 e. The number of carboxylic acid groups (broad SMARTS) is 1. The minimum atomic E-state index is -1.94. The van der Waals surface area contributed by atoms with E-state index in [4.69, 9.17) is 5.11 Å². The molecule has 0 spiro atoms. The SMILES string of the molecule is CC(O)(CNC(=O)NCCC1=CCCC1)C(=O)O.